The average molecular weight is 506 g/mol. The Kier molecular flexibility index (Phi) is 5.61. The average Bonchev–Trinajstić information content (AvgIpc) is 3.22. The van der Waals surface area contributed by atoms with Gasteiger partial charge in [0.2, 0.25) is 5.76 Å². The second-order valence-electron chi connectivity index (χ2n) is 8.98. The van der Waals surface area contributed by atoms with E-state index >= 15 is 0 Å². The molecule has 0 saturated heterocycles. The van der Waals surface area contributed by atoms with Gasteiger partial charge in [-0.25, -0.2) is 4.39 Å². The predicted molar refractivity (Wildman–Crippen MR) is 140 cm³/mol. The van der Waals surface area contributed by atoms with Crippen molar-refractivity contribution in [3.05, 3.63) is 136 Å². The van der Waals surface area contributed by atoms with Crippen LogP contribution in [0.2, 0.25) is 0 Å². The number of para-hydroxylation sites is 1. The van der Waals surface area contributed by atoms with E-state index in [0.29, 0.717) is 28.3 Å². The van der Waals surface area contributed by atoms with E-state index in [4.69, 9.17) is 9.15 Å². The molecule has 1 aliphatic heterocycles. The van der Waals surface area contributed by atoms with E-state index < -0.39 is 23.2 Å². The van der Waals surface area contributed by atoms with Crippen molar-refractivity contribution in [2.75, 3.05) is 4.90 Å². The molecule has 38 heavy (non-hydrogen) atoms. The molecule has 7 heteroatoms. The van der Waals surface area contributed by atoms with Gasteiger partial charge in [0, 0.05) is 11.3 Å². The van der Waals surface area contributed by atoms with Crippen molar-refractivity contribution in [3.63, 3.8) is 0 Å². The number of rotatable bonds is 5. The van der Waals surface area contributed by atoms with Crippen LogP contribution >= 0.6 is 0 Å². The lowest BCUT2D eigenvalue weighted by atomic mass is 9.98. The largest absolute Gasteiger partial charge is 0.457 e. The van der Waals surface area contributed by atoms with E-state index in [0.717, 1.165) is 6.07 Å². The highest BCUT2D eigenvalue weighted by Gasteiger charge is 2.43. The molecule has 1 aliphatic rings. The molecule has 4 aromatic carbocycles. The van der Waals surface area contributed by atoms with Crippen molar-refractivity contribution in [2.45, 2.75) is 13.0 Å². The fourth-order valence-electron chi connectivity index (χ4n) is 4.76. The number of fused-ring (bicyclic) bond motifs is 2. The minimum absolute atomic E-state index is 0.0482. The number of hydrogen-bond donors (Lipinski definition) is 0. The van der Waals surface area contributed by atoms with Gasteiger partial charge >= 0.3 is 0 Å². The fraction of sp³-hybridized carbons (Fsp3) is 0.0645. The summed E-state index contributed by atoms with van der Waals surface area (Å²) in [5, 5.41) is 0.0482. The van der Waals surface area contributed by atoms with Gasteiger partial charge in [0.1, 0.15) is 22.9 Å². The van der Waals surface area contributed by atoms with Crippen LogP contribution in [0.1, 0.15) is 45.0 Å². The lowest BCUT2D eigenvalue weighted by Gasteiger charge is -2.25. The summed E-state index contributed by atoms with van der Waals surface area (Å²) in [6.07, 6.45) is 0. The van der Waals surface area contributed by atoms with Crippen molar-refractivity contribution in [2.24, 2.45) is 0 Å². The number of ketones is 1. The first kappa shape index (κ1) is 23.4. The SMILES string of the molecule is CC(=O)c1ccc(N2C(=O)c3oc4ccc(F)cc4c(=O)c3C2c2cccc(Oc3ccccc3)c2)cc1. The maximum absolute atomic E-state index is 14.1. The summed E-state index contributed by atoms with van der Waals surface area (Å²) in [7, 11) is 0. The van der Waals surface area contributed by atoms with E-state index in [2.05, 4.69) is 0 Å². The second-order valence-corrected chi connectivity index (χ2v) is 8.98. The van der Waals surface area contributed by atoms with Gasteiger partial charge in [-0.1, -0.05) is 30.3 Å². The fourth-order valence-corrected chi connectivity index (χ4v) is 4.76. The predicted octanol–water partition coefficient (Wildman–Crippen LogP) is 6.68. The molecule has 186 valence electrons. The zero-order valence-corrected chi connectivity index (χ0v) is 20.2. The Labute approximate surface area is 216 Å². The number of hydrogen-bond acceptors (Lipinski definition) is 5. The van der Waals surface area contributed by atoms with E-state index in [1.54, 1.807) is 48.5 Å². The highest BCUT2D eigenvalue weighted by atomic mass is 19.1. The molecule has 0 spiro atoms. The molecule has 1 aromatic heterocycles. The molecule has 1 atom stereocenters. The maximum atomic E-state index is 14.1. The van der Waals surface area contributed by atoms with Gasteiger partial charge in [-0.05, 0) is 79.2 Å². The van der Waals surface area contributed by atoms with Gasteiger partial charge in [-0.2, -0.15) is 0 Å². The van der Waals surface area contributed by atoms with Crippen LogP contribution < -0.4 is 15.1 Å². The molecule has 5 aromatic rings. The number of carbonyl (C=O) groups is 2. The lowest BCUT2D eigenvalue weighted by Crippen LogP contribution is -2.29. The number of anilines is 1. The normalized spacial score (nSPS) is 14.5. The molecule has 1 unspecified atom stereocenters. The van der Waals surface area contributed by atoms with Gasteiger partial charge in [0.05, 0.1) is 17.0 Å². The summed E-state index contributed by atoms with van der Waals surface area (Å²) in [5.74, 6) is -0.175. The Morgan fingerprint density at radius 3 is 2.34 bits per heavy atom. The van der Waals surface area contributed by atoms with Crippen LogP contribution in [0.4, 0.5) is 10.1 Å². The quantitative estimate of drug-likeness (QED) is 0.249. The summed E-state index contributed by atoms with van der Waals surface area (Å²) in [4.78, 5) is 40.7. The Morgan fingerprint density at radius 1 is 0.868 bits per heavy atom. The van der Waals surface area contributed by atoms with Crippen LogP contribution in [0.3, 0.4) is 0 Å². The summed E-state index contributed by atoms with van der Waals surface area (Å²) in [5.41, 5.74) is 1.31. The third-order valence-electron chi connectivity index (χ3n) is 6.54. The van der Waals surface area contributed by atoms with E-state index in [9.17, 15) is 18.8 Å². The Morgan fingerprint density at radius 2 is 1.61 bits per heavy atom. The molecule has 6 nitrogen and oxygen atoms in total. The first-order valence-corrected chi connectivity index (χ1v) is 11.9. The summed E-state index contributed by atoms with van der Waals surface area (Å²) >= 11 is 0. The Hall–Kier alpha value is -5.04. The summed E-state index contributed by atoms with van der Waals surface area (Å²) in [6, 6.07) is 25.6. The number of benzene rings is 4. The molecule has 0 saturated carbocycles. The third-order valence-corrected chi connectivity index (χ3v) is 6.54. The summed E-state index contributed by atoms with van der Waals surface area (Å²) in [6.45, 7) is 1.46. The van der Waals surface area contributed by atoms with Crippen molar-refractivity contribution < 1.29 is 23.1 Å². The van der Waals surface area contributed by atoms with Crippen LogP contribution in [0.25, 0.3) is 11.0 Å². The van der Waals surface area contributed by atoms with Gasteiger partial charge in [-0.3, -0.25) is 19.3 Å². The molecule has 0 radical (unpaired) electrons. The molecule has 1 amide bonds. The maximum Gasteiger partial charge on any atom is 0.295 e. The molecule has 0 bridgehead atoms. The van der Waals surface area contributed by atoms with Crippen molar-refractivity contribution >= 4 is 28.3 Å². The molecule has 2 heterocycles. The van der Waals surface area contributed by atoms with Gasteiger partial charge in [0.15, 0.2) is 11.2 Å². The number of ether oxygens (including phenoxy) is 1. The second kappa shape index (κ2) is 9.12. The third kappa shape index (κ3) is 3.94. The van der Waals surface area contributed by atoms with E-state index in [-0.39, 0.29) is 28.1 Å². The number of Topliss-reactive ketones (excluding diaryl/α,β-unsaturated/α-hetero) is 1. The van der Waals surface area contributed by atoms with Crippen molar-refractivity contribution in [1.82, 2.24) is 0 Å². The first-order valence-electron chi connectivity index (χ1n) is 11.9. The topological polar surface area (TPSA) is 76.8 Å². The molecular weight excluding hydrogens is 485 g/mol. The number of carbonyl (C=O) groups excluding carboxylic acids is 2. The van der Waals surface area contributed by atoms with E-state index in [1.807, 2.05) is 30.3 Å². The van der Waals surface area contributed by atoms with Gasteiger partial charge < -0.3 is 9.15 Å². The summed E-state index contributed by atoms with van der Waals surface area (Å²) < 4.78 is 26.0. The molecule has 6 rings (SSSR count). The van der Waals surface area contributed by atoms with Crippen molar-refractivity contribution in [3.8, 4) is 11.5 Å². The zero-order valence-electron chi connectivity index (χ0n) is 20.2. The smallest absolute Gasteiger partial charge is 0.295 e. The lowest BCUT2D eigenvalue weighted by molar-refractivity contribution is 0.0970. The molecule has 0 aliphatic carbocycles. The number of halogens is 1. The van der Waals surface area contributed by atoms with Crippen LogP contribution in [0, 0.1) is 5.82 Å². The van der Waals surface area contributed by atoms with E-state index in [1.165, 1.54) is 24.0 Å². The standard InChI is InChI=1S/C31H20FNO5/c1-18(34)19-10-13-22(14-11-19)33-28(20-6-5-9-24(16-20)37-23-7-3-2-4-8-23)27-29(35)25-17-21(32)12-15-26(25)38-30(27)31(33)36/h2-17,28H,1H3. The zero-order chi connectivity index (χ0) is 26.4. The number of amides is 1. The van der Waals surface area contributed by atoms with Crippen molar-refractivity contribution in [1.29, 1.82) is 0 Å². The van der Waals surface area contributed by atoms with Gasteiger partial charge in [-0.15, -0.1) is 0 Å². The molecule has 0 N–H and O–H groups in total. The van der Waals surface area contributed by atoms with Crippen LogP contribution in [-0.2, 0) is 0 Å². The minimum atomic E-state index is -0.871. The first-order chi connectivity index (χ1) is 18.4. The molecule has 0 fully saturated rings. The Balaban J connectivity index is 1.54. The highest BCUT2D eigenvalue weighted by Crippen LogP contribution is 2.42. The Bertz CT molecular complexity index is 1780. The van der Waals surface area contributed by atoms with Gasteiger partial charge in [0.25, 0.3) is 5.91 Å². The van der Waals surface area contributed by atoms with Crippen LogP contribution in [-0.4, -0.2) is 11.7 Å². The molecular formula is C31H20FNO5. The van der Waals surface area contributed by atoms with Crippen LogP contribution in [0.5, 0.6) is 11.5 Å². The monoisotopic (exact) mass is 505 g/mol. The van der Waals surface area contributed by atoms with Crippen LogP contribution in [0.15, 0.2) is 106 Å². The minimum Gasteiger partial charge on any atom is -0.457 e. The highest BCUT2D eigenvalue weighted by molar-refractivity contribution is 6.11. The number of nitrogens with zero attached hydrogens (tertiary/aromatic N) is 1.